The number of aromatic amines is 1. The summed E-state index contributed by atoms with van der Waals surface area (Å²) in [5.74, 6) is 1.36. The van der Waals surface area contributed by atoms with Crippen molar-refractivity contribution in [2.75, 3.05) is 26.9 Å². The highest BCUT2D eigenvalue weighted by molar-refractivity contribution is 5.79. The molecule has 184 valence electrons. The van der Waals surface area contributed by atoms with Crippen LogP contribution in [0.1, 0.15) is 41.6 Å². The highest BCUT2D eigenvalue weighted by atomic mass is 16.5. The predicted molar refractivity (Wildman–Crippen MR) is 129 cm³/mol. The number of nitrogens with one attached hydrogen (secondary N) is 1. The Kier molecular flexibility index (Phi) is 7.03. The minimum Gasteiger partial charge on any atom is -0.468 e. The number of aromatic nitrogens is 5. The molecular weight excluding hydrogens is 448 g/mol. The molecule has 4 aromatic rings. The van der Waals surface area contributed by atoms with Gasteiger partial charge in [-0.15, -0.1) is 5.10 Å². The van der Waals surface area contributed by atoms with Gasteiger partial charge in [-0.05, 0) is 65.9 Å². The molecule has 0 bridgehead atoms. The van der Waals surface area contributed by atoms with Crippen LogP contribution in [0.2, 0.25) is 0 Å². The minimum atomic E-state index is -0.523. The fourth-order valence-corrected chi connectivity index (χ4v) is 4.70. The number of furan rings is 1. The van der Waals surface area contributed by atoms with E-state index in [9.17, 15) is 4.79 Å². The number of methoxy groups -OCH3 is 1. The number of fused-ring (bicyclic) bond motifs is 1. The molecule has 1 aliphatic heterocycles. The zero-order chi connectivity index (χ0) is 24.2. The van der Waals surface area contributed by atoms with E-state index in [4.69, 9.17) is 13.9 Å². The fraction of sp³-hybridized carbons (Fsp3) is 0.440. The summed E-state index contributed by atoms with van der Waals surface area (Å²) >= 11 is 0. The zero-order valence-corrected chi connectivity index (χ0v) is 20.0. The Morgan fingerprint density at radius 1 is 1.31 bits per heavy atom. The van der Waals surface area contributed by atoms with Gasteiger partial charge < -0.3 is 18.9 Å². The van der Waals surface area contributed by atoms with Crippen LogP contribution in [0.3, 0.4) is 0 Å². The molecule has 2 atom stereocenters. The first-order chi connectivity index (χ1) is 17.1. The van der Waals surface area contributed by atoms with Crippen LogP contribution in [-0.4, -0.2) is 63.1 Å². The summed E-state index contributed by atoms with van der Waals surface area (Å²) in [6, 6.07) is 11.2. The Balaban J connectivity index is 1.65. The van der Waals surface area contributed by atoms with Crippen LogP contribution in [0.4, 0.5) is 0 Å². The number of hydrogen-bond acceptors (Lipinski definition) is 8. The van der Waals surface area contributed by atoms with E-state index in [1.54, 1.807) is 18.1 Å². The summed E-state index contributed by atoms with van der Waals surface area (Å²) in [5, 5.41) is 13.5. The van der Waals surface area contributed by atoms with Crippen molar-refractivity contribution in [2.24, 2.45) is 0 Å². The average molecular weight is 479 g/mol. The van der Waals surface area contributed by atoms with Crippen molar-refractivity contribution in [2.45, 2.75) is 45.0 Å². The number of pyridine rings is 1. The molecule has 0 spiro atoms. The fourth-order valence-electron chi connectivity index (χ4n) is 4.70. The minimum absolute atomic E-state index is 0.0533. The zero-order valence-electron chi connectivity index (χ0n) is 20.0. The van der Waals surface area contributed by atoms with Crippen molar-refractivity contribution >= 4 is 10.9 Å². The van der Waals surface area contributed by atoms with Gasteiger partial charge in [0.1, 0.15) is 11.8 Å². The second-order valence-electron chi connectivity index (χ2n) is 8.94. The first-order valence-electron chi connectivity index (χ1n) is 11.9. The first kappa shape index (κ1) is 23.4. The molecular formula is C25H30N6O4. The number of nitrogens with zero attached hydrogens (tertiary/aromatic N) is 5. The number of aryl methyl sites for hydroxylation is 1. The second kappa shape index (κ2) is 10.5. The van der Waals surface area contributed by atoms with Crippen LogP contribution in [-0.2, 0) is 22.6 Å². The Labute approximate surface area is 202 Å². The van der Waals surface area contributed by atoms with E-state index in [1.165, 1.54) is 0 Å². The van der Waals surface area contributed by atoms with E-state index in [0.29, 0.717) is 37.6 Å². The number of tetrazole rings is 1. The summed E-state index contributed by atoms with van der Waals surface area (Å²) in [4.78, 5) is 18.7. The van der Waals surface area contributed by atoms with E-state index in [1.807, 2.05) is 37.3 Å². The molecule has 0 saturated carbocycles. The molecule has 1 saturated heterocycles. The molecule has 1 N–H and O–H groups in total. The quantitative estimate of drug-likeness (QED) is 0.370. The highest BCUT2D eigenvalue weighted by Crippen LogP contribution is 2.30. The van der Waals surface area contributed by atoms with Crippen molar-refractivity contribution < 1.29 is 13.9 Å². The summed E-state index contributed by atoms with van der Waals surface area (Å²) in [5.41, 5.74) is 2.30. The van der Waals surface area contributed by atoms with Gasteiger partial charge in [0.15, 0.2) is 5.82 Å². The molecule has 10 nitrogen and oxygen atoms in total. The number of H-pyrrole nitrogens is 1. The van der Waals surface area contributed by atoms with Crippen molar-refractivity contribution in [1.82, 2.24) is 30.1 Å². The SMILES string of the molecule is COCCn1nnnc1[C@H](c1cc2cc(C)ccc2[nH]c1=O)N(Cc1ccco1)C[C@H]1CCCO1. The lowest BCUT2D eigenvalue weighted by Gasteiger charge is -2.32. The van der Waals surface area contributed by atoms with E-state index < -0.39 is 6.04 Å². The van der Waals surface area contributed by atoms with Crippen molar-refractivity contribution in [3.63, 3.8) is 0 Å². The number of benzene rings is 1. The maximum Gasteiger partial charge on any atom is 0.253 e. The molecule has 1 fully saturated rings. The van der Waals surface area contributed by atoms with Gasteiger partial charge in [-0.25, -0.2) is 4.68 Å². The molecule has 0 unspecified atom stereocenters. The standard InChI is InChI=1S/C25H30N6O4/c1-17-7-8-22-18(13-17)14-21(25(32)26-22)23(24-27-28-29-31(24)9-12-33-2)30(15-19-5-3-10-34-19)16-20-6-4-11-35-20/h3,5,7-8,10,13-14,20,23H,4,6,9,11-12,15-16H2,1-2H3,(H,26,32)/t20-,23+/m1/s1. The van der Waals surface area contributed by atoms with Crippen molar-refractivity contribution in [3.8, 4) is 0 Å². The Morgan fingerprint density at radius 3 is 3.00 bits per heavy atom. The van der Waals surface area contributed by atoms with Crippen LogP contribution in [0.25, 0.3) is 10.9 Å². The van der Waals surface area contributed by atoms with Gasteiger partial charge in [0.25, 0.3) is 5.56 Å². The summed E-state index contributed by atoms with van der Waals surface area (Å²) in [6.07, 6.45) is 3.69. The molecule has 0 amide bonds. The molecule has 1 aliphatic rings. The van der Waals surface area contributed by atoms with Gasteiger partial charge >= 0.3 is 0 Å². The lowest BCUT2D eigenvalue weighted by atomic mass is 10.0. The summed E-state index contributed by atoms with van der Waals surface area (Å²) < 4.78 is 18.7. The molecule has 10 heteroatoms. The van der Waals surface area contributed by atoms with Crippen molar-refractivity contribution in [3.05, 3.63) is 75.7 Å². The van der Waals surface area contributed by atoms with Crippen LogP contribution < -0.4 is 5.56 Å². The third-order valence-electron chi connectivity index (χ3n) is 6.40. The maximum absolute atomic E-state index is 13.5. The Hall–Kier alpha value is -3.34. The number of hydrogen-bond donors (Lipinski definition) is 1. The molecule has 0 radical (unpaired) electrons. The van der Waals surface area contributed by atoms with Gasteiger partial charge in [-0.2, -0.15) is 0 Å². The van der Waals surface area contributed by atoms with Crippen LogP contribution in [0.5, 0.6) is 0 Å². The largest absolute Gasteiger partial charge is 0.468 e. The molecule has 1 aromatic carbocycles. The third-order valence-corrected chi connectivity index (χ3v) is 6.40. The molecule has 5 rings (SSSR count). The Bertz CT molecular complexity index is 1310. The van der Waals surface area contributed by atoms with Gasteiger partial charge in [0.2, 0.25) is 0 Å². The smallest absolute Gasteiger partial charge is 0.253 e. The summed E-state index contributed by atoms with van der Waals surface area (Å²) in [6.45, 7) is 4.77. The third kappa shape index (κ3) is 5.19. The normalized spacial score (nSPS) is 16.9. The van der Waals surface area contributed by atoms with E-state index in [0.717, 1.165) is 41.7 Å². The summed E-state index contributed by atoms with van der Waals surface area (Å²) in [7, 11) is 1.64. The molecule has 35 heavy (non-hydrogen) atoms. The number of ether oxygens (including phenoxy) is 2. The van der Waals surface area contributed by atoms with E-state index >= 15 is 0 Å². The van der Waals surface area contributed by atoms with Crippen LogP contribution in [0.15, 0.2) is 51.9 Å². The average Bonchev–Trinajstić information content (AvgIpc) is 3.62. The first-order valence-corrected chi connectivity index (χ1v) is 11.9. The predicted octanol–water partition coefficient (Wildman–Crippen LogP) is 2.83. The van der Waals surface area contributed by atoms with Gasteiger partial charge in [-0.3, -0.25) is 9.69 Å². The van der Waals surface area contributed by atoms with Crippen molar-refractivity contribution in [1.29, 1.82) is 0 Å². The number of rotatable bonds is 10. The maximum atomic E-state index is 13.5. The van der Waals surface area contributed by atoms with Crippen LogP contribution >= 0.6 is 0 Å². The molecule has 4 heterocycles. The highest BCUT2D eigenvalue weighted by Gasteiger charge is 2.33. The second-order valence-corrected chi connectivity index (χ2v) is 8.94. The lowest BCUT2D eigenvalue weighted by Crippen LogP contribution is -2.39. The van der Waals surface area contributed by atoms with Gasteiger partial charge in [0.05, 0.1) is 32.1 Å². The molecule has 3 aromatic heterocycles. The van der Waals surface area contributed by atoms with Gasteiger partial charge in [0, 0.05) is 31.3 Å². The van der Waals surface area contributed by atoms with E-state index in [2.05, 4.69) is 31.5 Å². The van der Waals surface area contributed by atoms with E-state index in [-0.39, 0.29) is 11.7 Å². The monoisotopic (exact) mass is 478 g/mol. The van der Waals surface area contributed by atoms with Crippen LogP contribution in [0, 0.1) is 6.92 Å². The topological polar surface area (TPSA) is 111 Å². The Morgan fingerprint density at radius 2 is 2.23 bits per heavy atom. The lowest BCUT2D eigenvalue weighted by molar-refractivity contribution is 0.0541. The van der Waals surface area contributed by atoms with Gasteiger partial charge in [-0.1, -0.05) is 11.6 Å². The molecule has 0 aliphatic carbocycles.